The van der Waals surface area contributed by atoms with Crippen LogP contribution in [0.1, 0.15) is 23.7 Å². The molecule has 0 aliphatic rings. The second-order valence-corrected chi connectivity index (χ2v) is 5.71. The van der Waals surface area contributed by atoms with Crippen LogP contribution < -0.4 is 5.32 Å². The molecule has 0 saturated carbocycles. The van der Waals surface area contributed by atoms with Gasteiger partial charge in [0.25, 0.3) is 0 Å². The van der Waals surface area contributed by atoms with Crippen LogP contribution in [0.2, 0.25) is 0 Å². The van der Waals surface area contributed by atoms with Gasteiger partial charge in [0, 0.05) is 18.5 Å². The van der Waals surface area contributed by atoms with Crippen molar-refractivity contribution in [2.45, 2.75) is 20.4 Å². The Morgan fingerprint density at radius 1 is 1.29 bits per heavy atom. The highest BCUT2D eigenvalue weighted by molar-refractivity contribution is 5.94. The number of halogens is 1. The van der Waals surface area contributed by atoms with Gasteiger partial charge in [-0.2, -0.15) is 0 Å². The second kappa shape index (κ2) is 6.66. The molecule has 0 saturated heterocycles. The average molecular weight is 323 g/mol. The third kappa shape index (κ3) is 3.51. The largest absolute Gasteiger partial charge is 0.347 e. The normalized spacial score (nSPS) is 11.7. The average Bonchev–Trinajstić information content (AvgIpc) is 2.98. The van der Waals surface area contributed by atoms with Gasteiger partial charge in [0.1, 0.15) is 11.5 Å². The highest BCUT2D eigenvalue weighted by Crippen LogP contribution is 2.14. The van der Waals surface area contributed by atoms with Crippen LogP contribution >= 0.6 is 0 Å². The molecule has 1 N–H and O–H groups in total. The number of benzene rings is 1. The Morgan fingerprint density at radius 2 is 2.04 bits per heavy atom. The summed E-state index contributed by atoms with van der Waals surface area (Å²) in [5.74, 6) is -0.497. The maximum atomic E-state index is 12.9. The van der Waals surface area contributed by atoms with Gasteiger partial charge in [-0.15, -0.1) is 0 Å². The Morgan fingerprint density at radius 3 is 2.75 bits per heavy atom. The minimum Gasteiger partial charge on any atom is -0.347 e. The summed E-state index contributed by atoms with van der Waals surface area (Å²) in [6, 6.07) is 10.0. The Bertz CT molecular complexity index is 910. The second-order valence-electron chi connectivity index (χ2n) is 5.71. The molecule has 5 heteroatoms. The first kappa shape index (κ1) is 15.9. The third-order valence-corrected chi connectivity index (χ3v) is 3.82. The Labute approximate surface area is 139 Å². The number of aromatic nitrogens is 2. The monoisotopic (exact) mass is 323 g/mol. The first-order chi connectivity index (χ1) is 11.5. The number of rotatable bonds is 4. The number of imidazole rings is 1. The van der Waals surface area contributed by atoms with Crippen molar-refractivity contribution < 1.29 is 9.18 Å². The minimum atomic E-state index is -0.293. The van der Waals surface area contributed by atoms with Crippen LogP contribution in [-0.4, -0.2) is 15.3 Å². The van der Waals surface area contributed by atoms with Crippen LogP contribution in [0.3, 0.4) is 0 Å². The van der Waals surface area contributed by atoms with Gasteiger partial charge in [-0.25, -0.2) is 9.37 Å². The molecule has 0 atom stereocenters. The van der Waals surface area contributed by atoms with Crippen molar-refractivity contribution >= 4 is 17.1 Å². The van der Waals surface area contributed by atoms with Gasteiger partial charge in [0.2, 0.25) is 5.91 Å². The van der Waals surface area contributed by atoms with Gasteiger partial charge >= 0.3 is 0 Å². The fourth-order valence-electron chi connectivity index (χ4n) is 2.51. The lowest BCUT2D eigenvalue weighted by Gasteiger charge is -2.03. The number of aryl methyl sites for hydroxylation is 1. The molecule has 3 rings (SSSR count). The topological polar surface area (TPSA) is 46.4 Å². The summed E-state index contributed by atoms with van der Waals surface area (Å²) in [6.07, 6.45) is 5.34. The van der Waals surface area contributed by atoms with E-state index in [0.717, 1.165) is 28.0 Å². The molecule has 2 heterocycles. The number of allylic oxidation sites excluding steroid dienone is 1. The number of hydrogen-bond donors (Lipinski definition) is 1. The molecule has 0 aliphatic carbocycles. The van der Waals surface area contributed by atoms with Crippen molar-refractivity contribution in [2.24, 2.45) is 0 Å². The van der Waals surface area contributed by atoms with Gasteiger partial charge < -0.3 is 9.72 Å². The summed E-state index contributed by atoms with van der Waals surface area (Å²) in [6.45, 7) is 4.17. The summed E-state index contributed by atoms with van der Waals surface area (Å²) in [5, 5.41) is 2.83. The van der Waals surface area contributed by atoms with E-state index in [-0.39, 0.29) is 11.7 Å². The number of hydrogen-bond acceptors (Lipinski definition) is 2. The van der Waals surface area contributed by atoms with E-state index in [4.69, 9.17) is 0 Å². The van der Waals surface area contributed by atoms with Crippen LogP contribution in [0, 0.1) is 12.7 Å². The lowest BCUT2D eigenvalue weighted by molar-refractivity contribution is -0.116. The van der Waals surface area contributed by atoms with E-state index in [1.165, 1.54) is 18.2 Å². The summed E-state index contributed by atoms with van der Waals surface area (Å²) in [7, 11) is 0. The van der Waals surface area contributed by atoms with Crippen LogP contribution in [0.4, 0.5) is 4.39 Å². The van der Waals surface area contributed by atoms with E-state index >= 15 is 0 Å². The van der Waals surface area contributed by atoms with Gasteiger partial charge in [0.15, 0.2) is 0 Å². The Balaban J connectivity index is 1.67. The van der Waals surface area contributed by atoms with E-state index in [0.29, 0.717) is 6.54 Å². The fraction of sp³-hybridized carbons (Fsp3) is 0.158. The molecule has 1 amide bonds. The maximum absolute atomic E-state index is 12.9. The number of nitrogens with zero attached hydrogens (tertiary/aromatic N) is 2. The molecular formula is C19H18FN3O. The zero-order valence-electron chi connectivity index (χ0n) is 13.6. The van der Waals surface area contributed by atoms with Gasteiger partial charge in [-0.05, 0) is 48.7 Å². The predicted octanol–water partition coefficient (Wildman–Crippen LogP) is 3.50. The van der Waals surface area contributed by atoms with Crippen molar-refractivity contribution in [3.63, 3.8) is 0 Å². The lowest BCUT2D eigenvalue weighted by Crippen LogP contribution is -2.20. The molecule has 0 spiro atoms. The van der Waals surface area contributed by atoms with Gasteiger partial charge in [-0.1, -0.05) is 18.2 Å². The SMILES string of the molecule is C/C(=C/C(=O)NCc1cn2cccc(C)c2n1)c1ccc(F)cc1. The standard InChI is InChI=1S/C19H18FN3O/c1-13-4-3-9-23-12-17(22-19(13)23)11-21-18(24)10-14(2)15-5-7-16(20)8-6-15/h3-10,12H,11H2,1-2H3,(H,21,24)/b14-10-. The number of amides is 1. The van der Waals surface area contributed by atoms with Crippen LogP contribution in [0.25, 0.3) is 11.2 Å². The molecule has 122 valence electrons. The van der Waals surface area contributed by atoms with Gasteiger partial charge in [0.05, 0.1) is 12.2 Å². The Hall–Kier alpha value is -2.95. The Kier molecular flexibility index (Phi) is 4.42. The van der Waals surface area contributed by atoms with Crippen molar-refractivity contribution in [1.29, 1.82) is 0 Å². The summed E-state index contributed by atoms with van der Waals surface area (Å²) in [5.41, 5.74) is 4.36. The third-order valence-electron chi connectivity index (χ3n) is 3.82. The zero-order valence-corrected chi connectivity index (χ0v) is 13.6. The van der Waals surface area contributed by atoms with Crippen molar-refractivity contribution in [3.8, 4) is 0 Å². The molecule has 4 nitrogen and oxygen atoms in total. The van der Waals surface area contributed by atoms with Crippen molar-refractivity contribution in [2.75, 3.05) is 0 Å². The highest BCUT2D eigenvalue weighted by atomic mass is 19.1. The number of fused-ring (bicyclic) bond motifs is 1. The van der Waals surface area contributed by atoms with Gasteiger partial charge in [-0.3, -0.25) is 4.79 Å². The number of carbonyl (C=O) groups is 1. The first-order valence-corrected chi connectivity index (χ1v) is 7.68. The molecule has 0 aliphatic heterocycles. The smallest absolute Gasteiger partial charge is 0.244 e. The maximum Gasteiger partial charge on any atom is 0.244 e. The van der Waals surface area contributed by atoms with E-state index in [9.17, 15) is 9.18 Å². The van der Waals surface area contributed by atoms with Crippen LogP contribution in [-0.2, 0) is 11.3 Å². The molecule has 0 bridgehead atoms. The summed E-state index contributed by atoms with van der Waals surface area (Å²) in [4.78, 5) is 16.6. The van der Waals surface area contributed by atoms with Crippen LogP contribution in [0.15, 0.2) is 54.9 Å². The summed E-state index contributed by atoms with van der Waals surface area (Å²) >= 11 is 0. The fourth-order valence-corrected chi connectivity index (χ4v) is 2.51. The molecule has 1 aromatic carbocycles. The minimum absolute atomic E-state index is 0.203. The van der Waals surface area contributed by atoms with E-state index in [1.54, 1.807) is 12.1 Å². The molecular weight excluding hydrogens is 305 g/mol. The molecule has 0 unspecified atom stereocenters. The quantitative estimate of drug-likeness (QED) is 0.747. The number of pyridine rings is 1. The molecule has 0 fully saturated rings. The summed E-state index contributed by atoms with van der Waals surface area (Å²) < 4.78 is 14.9. The van der Waals surface area contributed by atoms with Crippen molar-refractivity contribution in [3.05, 3.63) is 77.5 Å². The molecule has 24 heavy (non-hydrogen) atoms. The number of carbonyl (C=O) groups excluding carboxylic acids is 1. The zero-order chi connectivity index (χ0) is 17.1. The predicted molar refractivity (Wildman–Crippen MR) is 91.8 cm³/mol. The van der Waals surface area contributed by atoms with Crippen molar-refractivity contribution in [1.82, 2.24) is 14.7 Å². The molecule has 2 aromatic heterocycles. The first-order valence-electron chi connectivity index (χ1n) is 7.68. The highest BCUT2D eigenvalue weighted by Gasteiger charge is 2.05. The van der Waals surface area contributed by atoms with Crippen LogP contribution in [0.5, 0.6) is 0 Å². The number of nitrogens with one attached hydrogen (secondary N) is 1. The lowest BCUT2D eigenvalue weighted by atomic mass is 10.1. The van der Waals surface area contributed by atoms with E-state index < -0.39 is 0 Å². The van der Waals surface area contributed by atoms with E-state index in [2.05, 4.69) is 10.3 Å². The van der Waals surface area contributed by atoms with E-state index in [1.807, 2.05) is 42.8 Å². The molecule has 3 aromatic rings. The molecule has 0 radical (unpaired) electrons.